The molecule has 0 amide bonds. The first kappa shape index (κ1) is 15.2. The van der Waals surface area contributed by atoms with E-state index in [9.17, 15) is 0 Å². The van der Waals surface area contributed by atoms with E-state index in [4.69, 9.17) is 14.0 Å². The molecule has 2 fully saturated rings. The van der Waals surface area contributed by atoms with E-state index < -0.39 is 0 Å². The molecule has 0 spiro atoms. The summed E-state index contributed by atoms with van der Waals surface area (Å²) in [6.45, 7) is 4.18. The molecule has 2 aliphatic heterocycles. The summed E-state index contributed by atoms with van der Waals surface area (Å²) in [4.78, 5) is 7.13. The van der Waals surface area contributed by atoms with Gasteiger partial charge in [0.25, 0.3) is 0 Å². The maximum Gasteiger partial charge on any atom is 0.229 e. The summed E-state index contributed by atoms with van der Waals surface area (Å²) in [5.41, 5.74) is 1.20. The Balaban J connectivity index is 1.29. The lowest BCUT2D eigenvalue weighted by molar-refractivity contribution is 0.161. The van der Waals surface area contributed by atoms with Crippen molar-refractivity contribution in [2.24, 2.45) is 0 Å². The standard InChI is InChI=1S/C19H23N3O3/c1-3-14(17-16(5-1)23-9-10-24-17)11-22-8-2-4-15(12-22)18-20-19(25-21-18)13-6-7-13/h1,3,5,13,15H,2,4,6-12H2/t15-/m0/s1. The van der Waals surface area contributed by atoms with Crippen molar-refractivity contribution in [2.75, 3.05) is 26.3 Å². The van der Waals surface area contributed by atoms with Crippen LogP contribution in [-0.2, 0) is 6.54 Å². The van der Waals surface area contributed by atoms with Crippen LogP contribution in [0.5, 0.6) is 11.5 Å². The zero-order chi connectivity index (χ0) is 16.6. The maximum absolute atomic E-state index is 5.85. The Morgan fingerprint density at radius 1 is 1.08 bits per heavy atom. The van der Waals surface area contributed by atoms with Crippen molar-refractivity contribution in [2.45, 2.75) is 44.1 Å². The van der Waals surface area contributed by atoms with Gasteiger partial charge in [0.15, 0.2) is 17.3 Å². The molecule has 1 atom stereocenters. The van der Waals surface area contributed by atoms with Gasteiger partial charge in [-0.1, -0.05) is 17.3 Å². The number of aromatic nitrogens is 2. The zero-order valence-electron chi connectivity index (χ0n) is 14.3. The molecule has 6 nitrogen and oxygen atoms in total. The Bertz CT molecular complexity index is 756. The zero-order valence-corrected chi connectivity index (χ0v) is 14.3. The number of nitrogens with zero attached hydrogens (tertiary/aromatic N) is 3. The summed E-state index contributed by atoms with van der Waals surface area (Å²) in [5, 5.41) is 4.26. The Morgan fingerprint density at radius 3 is 2.92 bits per heavy atom. The van der Waals surface area contributed by atoms with Gasteiger partial charge in [-0.2, -0.15) is 4.98 Å². The van der Waals surface area contributed by atoms with E-state index in [-0.39, 0.29) is 0 Å². The van der Waals surface area contributed by atoms with Crippen molar-refractivity contribution in [1.82, 2.24) is 15.0 Å². The summed E-state index contributed by atoms with van der Waals surface area (Å²) in [7, 11) is 0. The summed E-state index contributed by atoms with van der Waals surface area (Å²) in [6.07, 6.45) is 4.68. The molecule has 3 aliphatic rings. The van der Waals surface area contributed by atoms with Gasteiger partial charge in [0.05, 0.1) is 0 Å². The Morgan fingerprint density at radius 2 is 2.00 bits per heavy atom. The molecule has 0 N–H and O–H groups in total. The van der Waals surface area contributed by atoms with E-state index in [1.165, 1.54) is 18.4 Å². The molecule has 1 aromatic carbocycles. The first-order valence-corrected chi connectivity index (χ1v) is 9.30. The number of rotatable bonds is 4. The summed E-state index contributed by atoms with van der Waals surface area (Å²) >= 11 is 0. The average molecular weight is 341 g/mol. The number of likely N-dealkylation sites (tertiary alicyclic amines) is 1. The highest BCUT2D eigenvalue weighted by Crippen LogP contribution is 2.40. The second kappa shape index (κ2) is 6.33. The molecule has 1 aliphatic carbocycles. The summed E-state index contributed by atoms with van der Waals surface area (Å²) in [6, 6.07) is 6.16. The molecular formula is C19H23N3O3. The predicted octanol–water partition coefficient (Wildman–Crippen LogP) is 3.10. The van der Waals surface area contributed by atoms with Crippen LogP contribution in [0.3, 0.4) is 0 Å². The fourth-order valence-electron chi connectivity index (χ4n) is 3.82. The van der Waals surface area contributed by atoms with Crippen LogP contribution in [0.1, 0.15) is 54.8 Å². The predicted molar refractivity (Wildman–Crippen MR) is 91.0 cm³/mol. The second-order valence-corrected chi connectivity index (χ2v) is 7.28. The van der Waals surface area contributed by atoms with Crippen molar-refractivity contribution >= 4 is 0 Å². The van der Waals surface area contributed by atoms with Gasteiger partial charge in [0, 0.05) is 30.5 Å². The second-order valence-electron chi connectivity index (χ2n) is 7.28. The minimum atomic E-state index is 0.363. The monoisotopic (exact) mass is 341 g/mol. The van der Waals surface area contributed by atoms with E-state index in [0.29, 0.717) is 25.0 Å². The Hall–Kier alpha value is -2.08. The van der Waals surface area contributed by atoms with Crippen LogP contribution in [0, 0.1) is 0 Å². The van der Waals surface area contributed by atoms with Gasteiger partial charge >= 0.3 is 0 Å². The molecule has 132 valence electrons. The largest absolute Gasteiger partial charge is 0.486 e. The number of hydrogen-bond donors (Lipinski definition) is 0. The number of fused-ring (bicyclic) bond motifs is 1. The first-order chi connectivity index (χ1) is 12.4. The minimum absolute atomic E-state index is 0.363. The average Bonchev–Trinajstić information content (AvgIpc) is 3.39. The summed E-state index contributed by atoms with van der Waals surface area (Å²) in [5.74, 6) is 4.39. The fraction of sp³-hybridized carbons (Fsp3) is 0.579. The van der Waals surface area contributed by atoms with E-state index >= 15 is 0 Å². The third-order valence-corrected chi connectivity index (χ3v) is 5.30. The topological polar surface area (TPSA) is 60.6 Å². The highest BCUT2D eigenvalue weighted by molar-refractivity contribution is 5.47. The number of para-hydroxylation sites is 1. The van der Waals surface area contributed by atoms with E-state index in [1.54, 1.807) is 0 Å². The number of hydrogen-bond acceptors (Lipinski definition) is 6. The third-order valence-electron chi connectivity index (χ3n) is 5.30. The lowest BCUT2D eigenvalue weighted by atomic mass is 9.97. The molecule has 5 rings (SSSR count). The molecule has 0 bridgehead atoms. The molecule has 1 aromatic heterocycles. The van der Waals surface area contributed by atoms with Crippen molar-refractivity contribution in [3.05, 3.63) is 35.5 Å². The molecule has 3 heterocycles. The smallest absolute Gasteiger partial charge is 0.229 e. The molecule has 0 radical (unpaired) electrons. The normalized spacial score (nSPS) is 23.6. The number of benzene rings is 1. The molecule has 0 unspecified atom stereocenters. The first-order valence-electron chi connectivity index (χ1n) is 9.30. The van der Waals surface area contributed by atoms with E-state index in [0.717, 1.165) is 55.7 Å². The fourth-order valence-corrected chi connectivity index (χ4v) is 3.82. The maximum atomic E-state index is 5.85. The minimum Gasteiger partial charge on any atom is -0.486 e. The molecular weight excluding hydrogens is 318 g/mol. The van der Waals surface area contributed by atoms with Gasteiger partial charge in [-0.25, -0.2) is 0 Å². The van der Waals surface area contributed by atoms with Crippen LogP contribution < -0.4 is 9.47 Å². The lowest BCUT2D eigenvalue weighted by Gasteiger charge is -2.32. The van der Waals surface area contributed by atoms with Gasteiger partial charge in [-0.05, 0) is 38.3 Å². The highest BCUT2D eigenvalue weighted by atomic mass is 16.6. The van der Waals surface area contributed by atoms with Gasteiger partial charge in [0.2, 0.25) is 5.89 Å². The van der Waals surface area contributed by atoms with Crippen LogP contribution in [0.25, 0.3) is 0 Å². The lowest BCUT2D eigenvalue weighted by Crippen LogP contribution is -2.34. The SMILES string of the molecule is c1cc(CN2CCC[C@H](c3noc(C4CC4)n3)C2)c2c(c1)OCCO2. The molecule has 1 saturated carbocycles. The molecule has 2 aromatic rings. The van der Waals surface area contributed by atoms with Crippen molar-refractivity contribution in [3.63, 3.8) is 0 Å². The number of ether oxygens (including phenoxy) is 2. The number of piperidine rings is 1. The van der Waals surface area contributed by atoms with Crippen LogP contribution >= 0.6 is 0 Å². The van der Waals surface area contributed by atoms with Gasteiger partial charge < -0.3 is 14.0 Å². The van der Waals surface area contributed by atoms with Crippen LogP contribution in [0.2, 0.25) is 0 Å². The quantitative estimate of drug-likeness (QED) is 0.852. The van der Waals surface area contributed by atoms with Crippen LogP contribution in [-0.4, -0.2) is 41.3 Å². The van der Waals surface area contributed by atoms with Crippen LogP contribution in [0.15, 0.2) is 22.7 Å². The van der Waals surface area contributed by atoms with Gasteiger partial charge in [-0.15, -0.1) is 0 Å². The van der Waals surface area contributed by atoms with E-state index in [2.05, 4.69) is 21.1 Å². The molecule has 1 saturated heterocycles. The third kappa shape index (κ3) is 3.11. The summed E-state index contributed by atoms with van der Waals surface area (Å²) < 4.78 is 17.0. The van der Waals surface area contributed by atoms with E-state index in [1.807, 2.05) is 12.1 Å². The Labute approximate surface area is 147 Å². The molecule has 25 heavy (non-hydrogen) atoms. The van der Waals surface area contributed by atoms with Gasteiger partial charge in [-0.3, -0.25) is 4.90 Å². The van der Waals surface area contributed by atoms with Crippen molar-refractivity contribution < 1.29 is 14.0 Å². The van der Waals surface area contributed by atoms with Crippen molar-refractivity contribution in [3.8, 4) is 11.5 Å². The van der Waals surface area contributed by atoms with Crippen LogP contribution in [0.4, 0.5) is 0 Å². The molecule has 6 heteroatoms. The van der Waals surface area contributed by atoms with Crippen molar-refractivity contribution in [1.29, 1.82) is 0 Å². The Kier molecular flexibility index (Phi) is 3.85. The highest BCUT2D eigenvalue weighted by Gasteiger charge is 2.32. The van der Waals surface area contributed by atoms with Gasteiger partial charge in [0.1, 0.15) is 13.2 Å².